The number of nitrogens with one attached hydrogen (secondary N) is 1. The molecule has 11 aromatic rings. The molecule has 12 rings (SSSR count). The Morgan fingerprint density at radius 3 is 1.95 bits per heavy atom. The van der Waals surface area contributed by atoms with E-state index in [1.54, 1.807) is 11.3 Å². The van der Waals surface area contributed by atoms with Crippen molar-refractivity contribution < 1.29 is 0 Å². The van der Waals surface area contributed by atoms with Crippen LogP contribution in [0.3, 0.4) is 0 Å². The van der Waals surface area contributed by atoms with Crippen LogP contribution in [0.2, 0.25) is 0 Å². The molecule has 5 heterocycles. The van der Waals surface area contributed by atoms with E-state index < -0.39 is 0 Å². The smallest absolute Gasteiger partial charge is 0.146 e. The minimum atomic E-state index is -0.273. The Balaban J connectivity index is 1.12. The minimum Gasteiger partial charge on any atom is -0.345 e. The van der Waals surface area contributed by atoms with E-state index in [1.165, 1.54) is 64.9 Å². The average molecular weight is 748 g/mol. The molecule has 1 aliphatic rings. The third-order valence-electron chi connectivity index (χ3n) is 11.4. The molecule has 0 saturated carbocycles. The van der Waals surface area contributed by atoms with Crippen LogP contribution < -0.4 is 15.2 Å². The predicted molar refractivity (Wildman–Crippen MR) is 236 cm³/mol. The van der Waals surface area contributed by atoms with Crippen molar-refractivity contribution in [3.63, 3.8) is 0 Å². The summed E-state index contributed by atoms with van der Waals surface area (Å²) < 4.78 is 5.93. The number of para-hydroxylation sites is 2. The van der Waals surface area contributed by atoms with E-state index in [-0.39, 0.29) is 6.17 Å². The van der Waals surface area contributed by atoms with Gasteiger partial charge in [0.2, 0.25) is 0 Å². The summed E-state index contributed by atoms with van der Waals surface area (Å²) in [6, 6.07) is 63.6. The molecule has 1 atom stereocenters. The number of rotatable bonds is 5. The molecular weight excluding hydrogens is 715 g/mol. The Kier molecular flexibility index (Phi) is 7.09. The summed E-state index contributed by atoms with van der Waals surface area (Å²) in [5.74, 6) is 1.03. The molecule has 268 valence electrons. The van der Waals surface area contributed by atoms with Gasteiger partial charge in [-0.2, -0.15) is 0 Å². The fourth-order valence-corrected chi connectivity index (χ4v) is 9.95. The van der Waals surface area contributed by atoms with Crippen molar-refractivity contribution in [1.82, 2.24) is 19.4 Å². The fraction of sp³-hybridized carbons (Fsp3) is 0.0196. The van der Waals surface area contributed by atoms with Gasteiger partial charge in [-0.1, -0.05) is 109 Å². The van der Waals surface area contributed by atoms with Gasteiger partial charge in [0.25, 0.3) is 0 Å². The quantitative estimate of drug-likeness (QED) is 0.191. The maximum atomic E-state index is 5.29. The van der Waals surface area contributed by atoms with E-state index >= 15 is 0 Å². The number of hydrogen-bond acceptors (Lipinski definition) is 4. The van der Waals surface area contributed by atoms with Crippen LogP contribution in [0.15, 0.2) is 193 Å². The Bertz CT molecular complexity index is 3490. The van der Waals surface area contributed by atoms with Crippen LogP contribution in [-0.4, -0.2) is 14.1 Å². The molecule has 0 saturated heterocycles. The van der Waals surface area contributed by atoms with E-state index in [4.69, 9.17) is 4.99 Å². The minimum absolute atomic E-state index is 0.273. The highest BCUT2D eigenvalue weighted by Crippen LogP contribution is 2.40. The average Bonchev–Trinajstić information content (AvgIpc) is 3.97. The monoisotopic (exact) mass is 747 g/mol. The van der Waals surface area contributed by atoms with Crippen molar-refractivity contribution in [2.75, 3.05) is 0 Å². The summed E-state index contributed by atoms with van der Waals surface area (Å²) in [5.41, 5.74) is 10.5. The van der Waals surface area contributed by atoms with Crippen LogP contribution in [0.1, 0.15) is 11.7 Å². The first-order chi connectivity index (χ1) is 28.3. The largest absolute Gasteiger partial charge is 0.345 e. The standard InChI is InChI=1S/C51H33N5S/c1-3-12-33(13-4-1)47-31-42-49(57-47)51(54-50(53-42)34-25-27-52-28-26-34)56-45-23-21-36(30-41(45)48-38-16-8-7-11-32(38)19-24-46(48)56)35-20-22-44-40(29-35)39-17-9-10-18-43(39)55(44)37-14-5-2-6-15-37/h1-31,50,54H. The van der Waals surface area contributed by atoms with Crippen LogP contribution in [0, 0.1) is 0 Å². The van der Waals surface area contributed by atoms with E-state index in [9.17, 15) is 0 Å². The van der Waals surface area contributed by atoms with Crippen molar-refractivity contribution in [1.29, 1.82) is 0 Å². The number of thiophene rings is 1. The van der Waals surface area contributed by atoms with Crippen LogP contribution in [-0.2, 0) is 0 Å². The molecule has 0 aliphatic carbocycles. The Hall–Kier alpha value is -7.28. The van der Waals surface area contributed by atoms with Crippen LogP contribution >= 0.6 is 11.3 Å². The van der Waals surface area contributed by atoms with Crippen molar-refractivity contribution in [3.8, 4) is 27.3 Å². The number of pyridine rings is 1. The van der Waals surface area contributed by atoms with Crippen molar-refractivity contribution >= 4 is 71.5 Å². The van der Waals surface area contributed by atoms with E-state index in [0.717, 1.165) is 38.0 Å². The topological polar surface area (TPSA) is 47.1 Å². The van der Waals surface area contributed by atoms with Crippen molar-refractivity contribution in [2.24, 2.45) is 4.99 Å². The van der Waals surface area contributed by atoms with Gasteiger partial charge in [-0.25, -0.2) is 0 Å². The van der Waals surface area contributed by atoms with Crippen molar-refractivity contribution in [3.05, 3.63) is 204 Å². The van der Waals surface area contributed by atoms with E-state index in [2.05, 4.69) is 183 Å². The normalized spacial score (nSPS) is 14.0. The Morgan fingerprint density at radius 1 is 0.491 bits per heavy atom. The molecule has 5 nitrogen and oxygen atoms in total. The van der Waals surface area contributed by atoms with Gasteiger partial charge in [0.1, 0.15) is 12.0 Å². The lowest BCUT2D eigenvalue weighted by Gasteiger charge is -2.23. The number of fused-ring (bicyclic) bond motifs is 9. The SMILES string of the molecule is c1ccc(-c2cc3c(s2)=C(n2c4ccc(-c5ccc6c(c5)c5ccccc5n6-c5ccccc5)cc4c4c5ccccc5ccc42)NC(c2ccncc2)N=3)cc1. The molecule has 0 spiro atoms. The Morgan fingerprint density at radius 2 is 1.14 bits per heavy atom. The number of aromatic nitrogens is 3. The van der Waals surface area contributed by atoms with Gasteiger partial charge in [-0.3, -0.25) is 14.5 Å². The first-order valence-corrected chi connectivity index (χ1v) is 20.1. The van der Waals surface area contributed by atoms with E-state index in [1.807, 2.05) is 24.5 Å². The first-order valence-electron chi connectivity index (χ1n) is 19.3. The highest BCUT2D eigenvalue weighted by Gasteiger charge is 2.24. The number of benzene rings is 7. The highest BCUT2D eigenvalue weighted by molar-refractivity contribution is 7.13. The molecule has 0 amide bonds. The van der Waals surface area contributed by atoms with E-state index in [0.29, 0.717) is 0 Å². The molecule has 1 N–H and O–H groups in total. The zero-order chi connectivity index (χ0) is 37.5. The second-order valence-corrected chi connectivity index (χ2v) is 15.7. The summed E-state index contributed by atoms with van der Waals surface area (Å²) in [6.45, 7) is 0. The molecule has 57 heavy (non-hydrogen) atoms. The zero-order valence-corrected chi connectivity index (χ0v) is 31.5. The van der Waals surface area contributed by atoms with Gasteiger partial charge < -0.3 is 9.88 Å². The van der Waals surface area contributed by atoms with Gasteiger partial charge in [0.05, 0.1) is 32.0 Å². The molecule has 7 aromatic carbocycles. The molecule has 0 bridgehead atoms. The highest BCUT2D eigenvalue weighted by atomic mass is 32.1. The second-order valence-electron chi connectivity index (χ2n) is 14.7. The molecule has 1 unspecified atom stereocenters. The third kappa shape index (κ3) is 5.01. The molecule has 0 radical (unpaired) electrons. The van der Waals surface area contributed by atoms with Gasteiger partial charge in [0.15, 0.2) is 0 Å². The lowest BCUT2D eigenvalue weighted by atomic mass is 9.99. The first kappa shape index (κ1) is 32.0. The van der Waals surface area contributed by atoms with Gasteiger partial charge in [-0.15, -0.1) is 11.3 Å². The second kappa shape index (κ2) is 12.6. The molecular formula is C51H33N5S. The summed E-state index contributed by atoms with van der Waals surface area (Å²) >= 11 is 1.79. The third-order valence-corrected chi connectivity index (χ3v) is 12.6. The number of nitrogens with zero attached hydrogens (tertiary/aromatic N) is 4. The van der Waals surface area contributed by atoms with Crippen LogP contribution in [0.4, 0.5) is 0 Å². The maximum Gasteiger partial charge on any atom is 0.146 e. The molecule has 1 aliphatic heterocycles. The fourth-order valence-electron chi connectivity index (χ4n) is 8.85. The lowest BCUT2D eigenvalue weighted by molar-refractivity contribution is 0.620. The molecule has 6 heteroatoms. The summed E-state index contributed by atoms with van der Waals surface area (Å²) in [6.07, 6.45) is 3.41. The van der Waals surface area contributed by atoms with Gasteiger partial charge in [-0.05, 0) is 99.8 Å². The Labute approximate surface area is 331 Å². The molecule has 0 fully saturated rings. The van der Waals surface area contributed by atoms with Crippen LogP contribution in [0.25, 0.3) is 87.5 Å². The van der Waals surface area contributed by atoms with Crippen molar-refractivity contribution in [2.45, 2.75) is 6.17 Å². The van der Waals surface area contributed by atoms with Crippen LogP contribution in [0.5, 0.6) is 0 Å². The summed E-state index contributed by atoms with van der Waals surface area (Å²) in [4.78, 5) is 10.8. The van der Waals surface area contributed by atoms with Gasteiger partial charge >= 0.3 is 0 Å². The number of hydrogen-bond donors (Lipinski definition) is 1. The summed E-state index contributed by atoms with van der Waals surface area (Å²) in [5, 5.41) is 12.3. The summed E-state index contributed by atoms with van der Waals surface area (Å²) in [7, 11) is 0. The maximum absolute atomic E-state index is 5.29. The lowest BCUT2D eigenvalue weighted by Crippen LogP contribution is -2.39. The predicted octanol–water partition coefficient (Wildman–Crippen LogP) is 11.4. The molecule has 4 aromatic heterocycles. The van der Waals surface area contributed by atoms with Gasteiger partial charge in [0, 0.05) is 44.5 Å². The zero-order valence-electron chi connectivity index (χ0n) is 30.7.